The van der Waals surface area contributed by atoms with Crippen LogP contribution in [-0.4, -0.2) is 99.8 Å². The van der Waals surface area contributed by atoms with Crippen molar-refractivity contribution in [2.24, 2.45) is 5.41 Å². The fraction of sp³-hybridized carbons (Fsp3) is 0.409. The molecular weight excluding hydrogens is 733 g/mol. The summed E-state index contributed by atoms with van der Waals surface area (Å²) >= 11 is 7.17. The maximum absolute atomic E-state index is 17.5. The highest BCUT2D eigenvalue weighted by Crippen LogP contribution is 2.48. The summed E-state index contributed by atoms with van der Waals surface area (Å²) < 4.78 is 46.2. The van der Waals surface area contributed by atoms with Gasteiger partial charge in [-0.2, -0.15) is 9.97 Å². The molecule has 10 nitrogen and oxygen atoms in total. The first-order valence-corrected chi connectivity index (χ1v) is 19.5. The van der Waals surface area contributed by atoms with Gasteiger partial charge in [-0.3, -0.25) is 4.90 Å². The van der Waals surface area contributed by atoms with Crippen LogP contribution >= 0.6 is 11.6 Å². The Balaban J connectivity index is 1.23. The summed E-state index contributed by atoms with van der Waals surface area (Å²) in [7, 11) is 9.04. The number of rotatable bonds is 15. The van der Waals surface area contributed by atoms with Crippen LogP contribution in [-0.2, 0) is 11.3 Å². The van der Waals surface area contributed by atoms with Crippen LogP contribution in [0.4, 0.5) is 10.2 Å². The molecular formula is C44H49ClFN5O5. The Morgan fingerprint density at radius 2 is 1.79 bits per heavy atom. The number of piperidine rings is 2. The third kappa shape index (κ3) is 7.22. The normalized spacial score (nSPS) is 20.1. The zero-order valence-electron chi connectivity index (χ0n) is 32.7. The molecule has 56 heavy (non-hydrogen) atoms. The van der Waals surface area contributed by atoms with Crippen LogP contribution in [0.5, 0.6) is 23.3 Å². The largest absolute Gasteiger partial charge is 0.497 e. The predicted octanol–water partition coefficient (Wildman–Crippen LogP) is 8.37. The van der Waals surface area contributed by atoms with E-state index in [1.165, 1.54) is 0 Å². The van der Waals surface area contributed by atoms with Gasteiger partial charge in [0.05, 0.1) is 25.8 Å². The molecule has 3 aliphatic heterocycles. The van der Waals surface area contributed by atoms with Crippen molar-refractivity contribution in [3.05, 3.63) is 89.7 Å². The van der Waals surface area contributed by atoms with Crippen LogP contribution in [0.1, 0.15) is 31.2 Å². The lowest BCUT2D eigenvalue weighted by molar-refractivity contribution is 0.0494. The van der Waals surface area contributed by atoms with Gasteiger partial charge in [0.2, 0.25) is 0 Å². The lowest BCUT2D eigenvalue weighted by Crippen LogP contribution is -2.67. The fourth-order valence-electron chi connectivity index (χ4n) is 8.82. The second-order valence-electron chi connectivity index (χ2n) is 15.6. The highest BCUT2D eigenvalue weighted by molar-refractivity contribution is 6.35. The van der Waals surface area contributed by atoms with E-state index in [-0.39, 0.29) is 52.4 Å². The molecule has 0 amide bonds. The summed E-state index contributed by atoms with van der Waals surface area (Å²) in [5.74, 6) is 2.13. The van der Waals surface area contributed by atoms with E-state index in [0.717, 1.165) is 60.1 Å². The number of benzene rings is 4. The van der Waals surface area contributed by atoms with Gasteiger partial charge in [-0.25, -0.2) is 4.39 Å². The number of piperazine rings is 1. The van der Waals surface area contributed by atoms with Crippen LogP contribution in [0, 0.1) is 11.2 Å². The SMILES string of the molecule is C=C[C@@H]1[C@@H]2CC[C@@H](CN2c2nc(OCC3(CN(C)C)CC3)nc3c(F)c(-c4cc(OCOC)cc5ccccc45)c(Cl)cc23)N1Cc1ccc(OC)cc1OC. The molecule has 5 aromatic rings. The Morgan fingerprint density at radius 3 is 2.52 bits per heavy atom. The maximum Gasteiger partial charge on any atom is 0.319 e. The molecule has 12 heteroatoms. The smallest absolute Gasteiger partial charge is 0.319 e. The predicted molar refractivity (Wildman–Crippen MR) is 219 cm³/mol. The highest BCUT2D eigenvalue weighted by Gasteiger charge is 2.47. The van der Waals surface area contributed by atoms with E-state index in [1.807, 2.05) is 54.6 Å². The van der Waals surface area contributed by atoms with E-state index >= 15 is 4.39 Å². The molecule has 4 fully saturated rings. The molecule has 1 aromatic heterocycles. The van der Waals surface area contributed by atoms with Crippen molar-refractivity contribution in [1.29, 1.82) is 0 Å². The van der Waals surface area contributed by atoms with E-state index < -0.39 is 5.82 Å². The second kappa shape index (κ2) is 15.7. The van der Waals surface area contributed by atoms with Gasteiger partial charge in [-0.05, 0) is 80.4 Å². The van der Waals surface area contributed by atoms with Gasteiger partial charge in [0.25, 0.3) is 0 Å². The summed E-state index contributed by atoms with van der Waals surface area (Å²) in [6, 6.07) is 19.6. The van der Waals surface area contributed by atoms with E-state index in [2.05, 4.69) is 41.4 Å². The number of anilines is 1. The van der Waals surface area contributed by atoms with Gasteiger partial charge < -0.3 is 33.5 Å². The fourth-order valence-corrected chi connectivity index (χ4v) is 9.11. The first kappa shape index (κ1) is 38.2. The number of hydrogen-bond donors (Lipinski definition) is 0. The van der Waals surface area contributed by atoms with E-state index in [9.17, 15) is 0 Å². The molecule has 4 aliphatic rings. The zero-order valence-corrected chi connectivity index (χ0v) is 33.4. The molecule has 0 radical (unpaired) electrons. The average Bonchev–Trinajstić information content (AvgIpc) is 3.97. The summed E-state index contributed by atoms with van der Waals surface area (Å²) in [5.41, 5.74) is 2.08. The lowest BCUT2D eigenvalue weighted by Gasteiger charge is -2.56. The average molecular weight is 782 g/mol. The molecule has 0 spiro atoms. The number of nitrogens with zero attached hydrogens (tertiary/aromatic N) is 5. The standard InChI is InChI=1S/C44H49ClFN5O5/c1-7-36-37-15-13-29(50(36)22-28-12-14-30(53-5)20-38(28)54-6)23-51(37)42-34-21-35(45)39(33-19-31(56-26-52-4)18-27-10-8-9-11-32(27)33)40(46)41(34)47-43(48-42)55-25-44(16-17-44)24-49(2)3/h7-12,14,18-21,29,36-37H,1,13,15-17,22-26H2,2-6H3/t29-,36+,37-/m0/s1. The van der Waals surface area contributed by atoms with Crippen molar-refractivity contribution in [2.75, 3.05) is 66.8 Å². The molecule has 1 aliphatic carbocycles. The number of fused-ring (bicyclic) bond motifs is 5. The molecule has 4 heterocycles. The van der Waals surface area contributed by atoms with Gasteiger partial charge in [0, 0.05) is 72.9 Å². The maximum atomic E-state index is 17.5. The van der Waals surface area contributed by atoms with E-state index in [0.29, 0.717) is 42.2 Å². The Morgan fingerprint density at radius 1 is 0.964 bits per heavy atom. The minimum atomic E-state index is -0.542. The van der Waals surface area contributed by atoms with Gasteiger partial charge in [-0.15, -0.1) is 6.58 Å². The number of aromatic nitrogens is 2. The Kier molecular flexibility index (Phi) is 10.7. The van der Waals surface area contributed by atoms with Crippen molar-refractivity contribution >= 4 is 39.1 Å². The first-order valence-electron chi connectivity index (χ1n) is 19.1. The number of halogens is 2. The molecule has 4 aromatic carbocycles. The highest BCUT2D eigenvalue weighted by atomic mass is 35.5. The van der Waals surface area contributed by atoms with Crippen molar-refractivity contribution in [2.45, 2.75) is 50.4 Å². The lowest BCUT2D eigenvalue weighted by atomic mass is 9.83. The molecule has 0 unspecified atom stereocenters. The Labute approximate surface area is 332 Å². The molecule has 2 bridgehead atoms. The van der Waals surface area contributed by atoms with Gasteiger partial charge >= 0.3 is 6.01 Å². The topological polar surface area (TPSA) is 81.7 Å². The zero-order chi connectivity index (χ0) is 39.1. The molecule has 3 saturated heterocycles. The monoisotopic (exact) mass is 781 g/mol. The minimum Gasteiger partial charge on any atom is -0.497 e. The quantitative estimate of drug-likeness (QED) is 0.0764. The van der Waals surface area contributed by atoms with Crippen molar-refractivity contribution in [3.8, 4) is 34.4 Å². The van der Waals surface area contributed by atoms with E-state index in [1.54, 1.807) is 27.4 Å². The minimum absolute atomic E-state index is 0.0104. The third-order valence-corrected chi connectivity index (χ3v) is 11.9. The van der Waals surface area contributed by atoms with Crippen molar-refractivity contribution in [3.63, 3.8) is 0 Å². The number of methoxy groups -OCH3 is 3. The third-order valence-electron chi connectivity index (χ3n) is 11.6. The summed E-state index contributed by atoms with van der Waals surface area (Å²) in [6.45, 7) is 7.04. The van der Waals surface area contributed by atoms with Gasteiger partial charge in [-0.1, -0.05) is 48.0 Å². The Bertz CT molecular complexity index is 2270. The summed E-state index contributed by atoms with van der Waals surface area (Å²) in [5, 5.41) is 2.50. The molecule has 9 rings (SSSR count). The van der Waals surface area contributed by atoms with Crippen LogP contribution in [0.15, 0.2) is 73.3 Å². The molecule has 0 N–H and O–H groups in total. The number of hydrogen-bond acceptors (Lipinski definition) is 10. The van der Waals surface area contributed by atoms with Gasteiger partial charge in [0.15, 0.2) is 12.6 Å². The molecule has 3 atom stereocenters. The molecule has 1 saturated carbocycles. The van der Waals surface area contributed by atoms with Crippen LogP contribution < -0.4 is 23.8 Å². The van der Waals surface area contributed by atoms with Crippen molar-refractivity contribution in [1.82, 2.24) is 19.8 Å². The van der Waals surface area contributed by atoms with E-state index in [4.69, 9.17) is 45.3 Å². The van der Waals surface area contributed by atoms with Crippen LogP contribution in [0.2, 0.25) is 5.02 Å². The second-order valence-corrected chi connectivity index (χ2v) is 16.0. The number of ether oxygens (including phenoxy) is 5. The van der Waals surface area contributed by atoms with Crippen molar-refractivity contribution < 1.29 is 28.1 Å². The molecule has 294 valence electrons. The van der Waals surface area contributed by atoms with Gasteiger partial charge in [0.1, 0.15) is 28.6 Å². The van der Waals surface area contributed by atoms with Crippen LogP contribution in [0.3, 0.4) is 0 Å². The summed E-state index contributed by atoms with van der Waals surface area (Å²) in [4.78, 5) is 16.9. The first-order chi connectivity index (χ1) is 27.1. The Hall–Kier alpha value is -4.68. The van der Waals surface area contributed by atoms with Crippen LogP contribution in [0.25, 0.3) is 32.8 Å². The summed E-state index contributed by atoms with van der Waals surface area (Å²) in [6.07, 6.45) is 6.05.